The Kier molecular flexibility index (Phi) is 12.0. The van der Waals surface area contributed by atoms with Gasteiger partial charge in [0.1, 0.15) is 5.75 Å². The molecule has 0 heterocycles. The molecule has 0 spiro atoms. The third-order valence-electron chi connectivity index (χ3n) is 5.20. The number of carbonyl (C=O) groups is 2. The summed E-state index contributed by atoms with van der Waals surface area (Å²) in [5, 5.41) is 0. The largest absolute Gasteiger partial charge is 0.494 e. The van der Waals surface area contributed by atoms with E-state index in [9.17, 15) is 9.59 Å². The first kappa shape index (κ1) is 25.4. The molecule has 2 aromatic rings. The molecular formula is C27H36O5. The second-order valence-electron chi connectivity index (χ2n) is 7.84. The Hall–Kier alpha value is -2.82. The second-order valence-corrected chi connectivity index (χ2v) is 7.84. The number of unbranched alkanes of at least 4 members (excludes halogenated alkanes) is 7. The molecule has 0 fully saturated rings. The summed E-state index contributed by atoms with van der Waals surface area (Å²) in [6, 6.07) is 15.5. The summed E-state index contributed by atoms with van der Waals surface area (Å²) in [7, 11) is 0. The first-order valence-electron chi connectivity index (χ1n) is 11.7. The molecule has 32 heavy (non-hydrogen) atoms. The fourth-order valence-electron chi connectivity index (χ4n) is 3.43. The van der Waals surface area contributed by atoms with E-state index in [2.05, 4.69) is 0 Å². The van der Waals surface area contributed by atoms with Crippen molar-refractivity contribution in [2.24, 2.45) is 0 Å². The molecule has 0 bridgehead atoms. The molecule has 0 N–H and O–H groups in total. The fourth-order valence-corrected chi connectivity index (χ4v) is 3.43. The zero-order chi connectivity index (χ0) is 23.0. The molecule has 5 heteroatoms. The van der Waals surface area contributed by atoms with E-state index in [0.717, 1.165) is 42.7 Å². The standard InChI is InChI=1S/C27H36O5/c1-3-30-27(29)25-14-12-23(13-15-25)24-16-18-26(19-17-24)32-21-11-9-7-5-4-6-8-10-20-31-22(2)28/h12-19H,3-11,20-21H2,1-2H3. The summed E-state index contributed by atoms with van der Waals surface area (Å²) in [4.78, 5) is 22.4. The van der Waals surface area contributed by atoms with Gasteiger partial charge in [0.2, 0.25) is 0 Å². The highest BCUT2D eigenvalue weighted by Gasteiger charge is 2.06. The van der Waals surface area contributed by atoms with Crippen LogP contribution < -0.4 is 4.74 Å². The van der Waals surface area contributed by atoms with Crippen LogP contribution in [0.4, 0.5) is 0 Å². The highest BCUT2D eigenvalue weighted by atomic mass is 16.5. The van der Waals surface area contributed by atoms with Crippen LogP contribution in [0.1, 0.15) is 75.6 Å². The smallest absolute Gasteiger partial charge is 0.338 e. The molecule has 5 nitrogen and oxygen atoms in total. The predicted octanol–water partition coefficient (Wildman–Crippen LogP) is 6.59. The maximum atomic E-state index is 11.8. The quantitative estimate of drug-likeness (QED) is 0.231. The van der Waals surface area contributed by atoms with Crippen molar-refractivity contribution in [2.45, 2.75) is 65.2 Å². The van der Waals surface area contributed by atoms with E-state index >= 15 is 0 Å². The Morgan fingerprint density at radius 1 is 0.656 bits per heavy atom. The minimum Gasteiger partial charge on any atom is -0.494 e. The molecule has 0 saturated heterocycles. The first-order valence-corrected chi connectivity index (χ1v) is 11.7. The first-order chi connectivity index (χ1) is 15.6. The summed E-state index contributed by atoms with van der Waals surface area (Å²) in [6.07, 6.45) is 9.25. The summed E-state index contributed by atoms with van der Waals surface area (Å²) in [5.41, 5.74) is 2.70. The molecule has 2 aromatic carbocycles. The average Bonchev–Trinajstić information content (AvgIpc) is 2.80. The molecule has 0 radical (unpaired) electrons. The summed E-state index contributed by atoms with van der Waals surface area (Å²) in [5.74, 6) is 0.397. The molecule has 0 saturated carbocycles. The van der Waals surface area contributed by atoms with Crippen molar-refractivity contribution in [2.75, 3.05) is 19.8 Å². The van der Waals surface area contributed by atoms with Gasteiger partial charge in [0.25, 0.3) is 0 Å². The molecule has 0 atom stereocenters. The lowest BCUT2D eigenvalue weighted by molar-refractivity contribution is -0.141. The van der Waals surface area contributed by atoms with Gasteiger partial charge in [0, 0.05) is 6.92 Å². The van der Waals surface area contributed by atoms with Crippen molar-refractivity contribution in [3.63, 3.8) is 0 Å². The van der Waals surface area contributed by atoms with E-state index in [1.807, 2.05) is 36.4 Å². The summed E-state index contributed by atoms with van der Waals surface area (Å²) >= 11 is 0. The van der Waals surface area contributed by atoms with Crippen molar-refractivity contribution >= 4 is 11.9 Å². The Labute approximate surface area is 192 Å². The Morgan fingerprint density at radius 2 is 1.16 bits per heavy atom. The molecule has 0 aromatic heterocycles. The van der Waals surface area contributed by atoms with E-state index in [1.165, 1.54) is 39.0 Å². The number of hydrogen-bond acceptors (Lipinski definition) is 5. The second kappa shape index (κ2) is 15.1. The van der Waals surface area contributed by atoms with Crippen molar-refractivity contribution in [1.82, 2.24) is 0 Å². The Bertz CT molecular complexity index is 796. The predicted molar refractivity (Wildman–Crippen MR) is 127 cm³/mol. The van der Waals surface area contributed by atoms with Crippen molar-refractivity contribution in [1.29, 1.82) is 0 Å². The maximum absolute atomic E-state index is 11.8. The van der Waals surface area contributed by atoms with Gasteiger partial charge in [-0.1, -0.05) is 62.8 Å². The van der Waals surface area contributed by atoms with Crippen LogP contribution in [0, 0.1) is 0 Å². The van der Waals surface area contributed by atoms with Crippen molar-refractivity contribution < 1.29 is 23.8 Å². The van der Waals surface area contributed by atoms with Crippen LogP contribution in [0.2, 0.25) is 0 Å². The zero-order valence-electron chi connectivity index (χ0n) is 19.4. The van der Waals surface area contributed by atoms with Gasteiger partial charge in [-0.15, -0.1) is 0 Å². The third kappa shape index (κ3) is 9.99. The van der Waals surface area contributed by atoms with Gasteiger partial charge in [-0.05, 0) is 55.2 Å². The lowest BCUT2D eigenvalue weighted by Crippen LogP contribution is -2.03. The normalized spacial score (nSPS) is 10.6. The number of rotatable bonds is 15. The van der Waals surface area contributed by atoms with Crippen LogP contribution in [0.3, 0.4) is 0 Å². The van der Waals surface area contributed by atoms with Gasteiger partial charge in [-0.25, -0.2) is 4.79 Å². The molecule has 0 aliphatic carbocycles. The minimum absolute atomic E-state index is 0.190. The highest BCUT2D eigenvalue weighted by molar-refractivity contribution is 5.90. The van der Waals surface area contributed by atoms with Crippen LogP contribution in [-0.4, -0.2) is 31.8 Å². The van der Waals surface area contributed by atoms with Crippen molar-refractivity contribution in [3.05, 3.63) is 54.1 Å². The van der Waals surface area contributed by atoms with Gasteiger partial charge in [0.05, 0.1) is 25.4 Å². The molecule has 2 rings (SSSR count). The molecule has 0 unspecified atom stereocenters. The van der Waals surface area contributed by atoms with Crippen LogP contribution >= 0.6 is 0 Å². The van der Waals surface area contributed by atoms with Crippen LogP contribution in [0.15, 0.2) is 48.5 Å². The number of ether oxygens (including phenoxy) is 3. The maximum Gasteiger partial charge on any atom is 0.338 e. The number of carbonyl (C=O) groups excluding carboxylic acids is 2. The van der Waals surface area contributed by atoms with Gasteiger partial charge in [-0.2, -0.15) is 0 Å². The molecule has 0 aliphatic heterocycles. The van der Waals surface area contributed by atoms with Gasteiger partial charge >= 0.3 is 11.9 Å². The fraction of sp³-hybridized carbons (Fsp3) is 0.481. The van der Waals surface area contributed by atoms with E-state index < -0.39 is 0 Å². The Morgan fingerprint density at radius 3 is 1.69 bits per heavy atom. The molecule has 0 amide bonds. The van der Waals surface area contributed by atoms with Gasteiger partial charge in [-0.3, -0.25) is 4.79 Å². The lowest BCUT2D eigenvalue weighted by Gasteiger charge is -2.08. The van der Waals surface area contributed by atoms with Gasteiger partial charge in [0.15, 0.2) is 0 Å². The lowest BCUT2D eigenvalue weighted by atomic mass is 10.0. The van der Waals surface area contributed by atoms with E-state index in [-0.39, 0.29) is 11.9 Å². The molecule has 0 aliphatic rings. The number of hydrogen-bond donors (Lipinski definition) is 0. The van der Waals surface area contributed by atoms with Gasteiger partial charge < -0.3 is 14.2 Å². The van der Waals surface area contributed by atoms with Crippen LogP contribution in [0.25, 0.3) is 11.1 Å². The highest BCUT2D eigenvalue weighted by Crippen LogP contribution is 2.23. The Balaban J connectivity index is 1.57. The van der Waals surface area contributed by atoms with E-state index in [1.54, 1.807) is 19.1 Å². The summed E-state index contributed by atoms with van der Waals surface area (Å²) < 4.78 is 15.8. The molecular weight excluding hydrogens is 404 g/mol. The number of esters is 2. The van der Waals surface area contributed by atoms with Crippen molar-refractivity contribution in [3.8, 4) is 16.9 Å². The topological polar surface area (TPSA) is 61.8 Å². The van der Waals surface area contributed by atoms with Crippen LogP contribution in [-0.2, 0) is 14.3 Å². The SMILES string of the molecule is CCOC(=O)c1ccc(-c2ccc(OCCCCCCCCCCOC(C)=O)cc2)cc1. The molecule has 174 valence electrons. The average molecular weight is 441 g/mol. The summed E-state index contributed by atoms with van der Waals surface area (Å²) in [6.45, 7) is 4.91. The van der Waals surface area contributed by atoms with E-state index in [4.69, 9.17) is 14.2 Å². The number of benzene rings is 2. The van der Waals surface area contributed by atoms with E-state index in [0.29, 0.717) is 18.8 Å². The monoisotopic (exact) mass is 440 g/mol. The minimum atomic E-state index is -0.293. The third-order valence-corrected chi connectivity index (χ3v) is 5.20. The van der Waals surface area contributed by atoms with Crippen LogP contribution in [0.5, 0.6) is 5.75 Å². The zero-order valence-corrected chi connectivity index (χ0v) is 19.4.